The van der Waals surface area contributed by atoms with Crippen LogP contribution in [0.25, 0.3) is 53.2 Å². The van der Waals surface area contributed by atoms with Gasteiger partial charge >= 0.3 is 0 Å². The van der Waals surface area contributed by atoms with Crippen molar-refractivity contribution in [1.29, 1.82) is 0 Å². The Morgan fingerprint density at radius 1 is 0.423 bits per heavy atom. The predicted octanol–water partition coefficient (Wildman–Crippen LogP) is 13.8. The monoisotopic (exact) mass is 681 g/mol. The summed E-state index contributed by atoms with van der Waals surface area (Å²) in [6.07, 6.45) is 0. The molecule has 0 bridgehead atoms. The molecule has 1 aliphatic carbocycles. The zero-order valence-electron chi connectivity index (χ0n) is 28.2. The SMILES string of the molecule is c1ccc(N(c2ccc3c(c2)oc2cc(C4(c5ccccc5)c5ccccc5-c5ccccc54)ccc23)c2cccc3sc4ccccc4c23)cc1. The predicted molar refractivity (Wildman–Crippen MR) is 219 cm³/mol. The summed E-state index contributed by atoms with van der Waals surface area (Å²) in [4.78, 5) is 2.37. The van der Waals surface area contributed by atoms with Gasteiger partial charge in [-0.3, -0.25) is 0 Å². The Morgan fingerprint density at radius 2 is 1.04 bits per heavy atom. The molecule has 2 heterocycles. The van der Waals surface area contributed by atoms with Crippen molar-refractivity contribution in [3.63, 3.8) is 0 Å². The summed E-state index contributed by atoms with van der Waals surface area (Å²) >= 11 is 1.85. The Morgan fingerprint density at radius 3 is 1.81 bits per heavy atom. The molecule has 244 valence electrons. The summed E-state index contributed by atoms with van der Waals surface area (Å²) in [5.74, 6) is 0. The highest BCUT2D eigenvalue weighted by atomic mass is 32.1. The first-order valence-corrected chi connectivity index (χ1v) is 18.6. The first kappa shape index (κ1) is 29.3. The summed E-state index contributed by atoms with van der Waals surface area (Å²) < 4.78 is 9.46. The molecule has 0 unspecified atom stereocenters. The summed E-state index contributed by atoms with van der Waals surface area (Å²) in [7, 11) is 0. The summed E-state index contributed by atoms with van der Waals surface area (Å²) in [6.45, 7) is 0. The molecule has 2 nitrogen and oxygen atoms in total. The molecule has 0 saturated carbocycles. The van der Waals surface area contributed by atoms with Gasteiger partial charge < -0.3 is 9.32 Å². The Bertz CT molecular complexity index is 2930. The van der Waals surface area contributed by atoms with Gasteiger partial charge in [-0.1, -0.05) is 133 Å². The largest absolute Gasteiger partial charge is 0.456 e. The number of hydrogen-bond donors (Lipinski definition) is 0. The lowest BCUT2D eigenvalue weighted by molar-refractivity contribution is 0.665. The molecule has 8 aromatic carbocycles. The third-order valence-electron chi connectivity index (χ3n) is 10.9. The topological polar surface area (TPSA) is 16.4 Å². The lowest BCUT2D eigenvalue weighted by Crippen LogP contribution is -2.28. The number of thiophene rings is 1. The number of anilines is 3. The van der Waals surface area contributed by atoms with Gasteiger partial charge in [0.1, 0.15) is 11.2 Å². The van der Waals surface area contributed by atoms with Crippen LogP contribution in [0, 0.1) is 0 Å². The molecule has 1 aliphatic rings. The third-order valence-corrected chi connectivity index (χ3v) is 12.1. The molecule has 11 rings (SSSR count). The molecule has 3 heteroatoms. The van der Waals surface area contributed by atoms with E-state index >= 15 is 0 Å². The summed E-state index contributed by atoms with van der Waals surface area (Å²) in [6, 6.07) is 68.3. The molecule has 0 atom stereocenters. The van der Waals surface area contributed by atoms with E-state index in [1.54, 1.807) is 0 Å². The highest BCUT2D eigenvalue weighted by Crippen LogP contribution is 2.56. The van der Waals surface area contributed by atoms with Crippen LogP contribution in [0.3, 0.4) is 0 Å². The van der Waals surface area contributed by atoms with E-state index in [2.05, 4.69) is 193 Å². The molecular weight excluding hydrogens is 651 g/mol. The Kier molecular flexibility index (Phi) is 6.37. The normalized spacial score (nSPS) is 13.2. The average Bonchev–Trinajstić information content (AvgIpc) is 3.87. The number of nitrogens with zero attached hydrogens (tertiary/aromatic N) is 1. The van der Waals surface area contributed by atoms with Crippen molar-refractivity contribution in [3.8, 4) is 11.1 Å². The van der Waals surface area contributed by atoms with E-state index in [0.29, 0.717) is 0 Å². The van der Waals surface area contributed by atoms with Crippen LogP contribution in [-0.2, 0) is 5.41 Å². The van der Waals surface area contributed by atoms with E-state index < -0.39 is 5.41 Å². The van der Waals surface area contributed by atoms with Crippen LogP contribution >= 0.6 is 11.3 Å². The second-order valence-electron chi connectivity index (χ2n) is 13.6. The van der Waals surface area contributed by atoms with Gasteiger partial charge in [-0.05, 0) is 81.9 Å². The van der Waals surface area contributed by atoms with Crippen molar-refractivity contribution in [2.75, 3.05) is 4.90 Å². The maximum absolute atomic E-state index is 6.89. The summed E-state index contributed by atoms with van der Waals surface area (Å²) in [5, 5.41) is 4.77. The zero-order valence-corrected chi connectivity index (χ0v) is 29.0. The van der Waals surface area contributed by atoms with Crippen molar-refractivity contribution in [1.82, 2.24) is 0 Å². The van der Waals surface area contributed by atoms with Gasteiger partial charge in [-0.2, -0.15) is 0 Å². The number of para-hydroxylation sites is 1. The zero-order chi connectivity index (χ0) is 34.2. The van der Waals surface area contributed by atoms with Crippen LogP contribution < -0.4 is 4.90 Å². The average molecular weight is 682 g/mol. The van der Waals surface area contributed by atoms with E-state index in [4.69, 9.17) is 4.42 Å². The minimum absolute atomic E-state index is 0.473. The minimum Gasteiger partial charge on any atom is -0.456 e. The maximum Gasteiger partial charge on any atom is 0.137 e. The molecule has 0 fully saturated rings. The first-order valence-electron chi connectivity index (χ1n) is 17.8. The molecule has 0 radical (unpaired) electrons. The fourth-order valence-corrected chi connectivity index (χ4v) is 9.92. The van der Waals surface area contributed by atoms with E-state index in [1.165, 1.54) is 53.6 Å². The highest BCUT2D eigenvalue weighted by molar-refractivity contribution is 7.26. The summed E-state index contributed by atoms with van der Waals surface area (Å²) in [5.41, 5.74) is 12.2. The van der Waals surface area contributed by atoms with E-state index in [9.17, 15) is 0 Å². The van der Waals surface area contributed by atoms with Crippen molar-refractivity contribution < 1.29 is 4.42 Å². The standard InChI is InChI=1S/C49H31NOS/c1-3-14-32(15-4-1)49(41-21-10-7-18-36(41)37-19-8-11-22-42(37)49)33-26-28-38-39-29-27-35(31-45(39)51-44(38)30-33)50(34-16-5-2-6-17-34)43-23-13-25-47-48(43)40-20-9-12-24-46(40)52-47/h1-31H. The van der Waals surface area contributed by atoms with Crippen LogP contribution in [0.5, 0.6) is 0 Å². The van der Waals surface area contributed by atoms with Gasteiger partial charge in [0.05, 0.1) is 11.1 Å². The number of fused-ring (bicyclic) bond motifs is 9. The molecule has 10 aromatic rings. The Labute approximate surface area is 305 Å². The minimum atomic E-state index is -0.473. The molecule has 0 amide bonds. The molecule has 0 spiro atoms. The smallest absolute Gasteiger partial charge is 0.137 e. The van der Waals surface area contributed by atoms with Crippen molar-refractivity contribution in [3.05, 3.63) is 210 Å². The lowest BCUT2D eigenvalue weighted by Gasteiger charge is -2.33. The van der Waals surface area contributed by atoms with Crippen LogP contribution in [-0.4, -0.2) is 0 Å². The molecule has 0 saturated heterocycles. The van der Waals surface area contributed by atoms with Gasteiger partial charge in [0.2, 0.25) is 0 Å². The van der Waals surface area contributed by atoms with Crippen LogP contribution in [0.4, 0.5) is 17.1 Å². The van der Waals surface area contributed by atoms with Gasteiger partial charge in [-0.15, -0.1) is 11.3 Å². The quantitative estimate of drug-likeness (QED) is 0.180. The molecule has 2 aromatic heterocycles. The van der Waals surface area contributed by atoms with Crippen molar-refractivity contribution in [2.45, 2.75) is 5.41 Å². The number of benzene rings is 8. The number of furan rings is 1. The van der Waals surface area contributed by atoms with Crippen LogP contribution in [0.1, 0.15) is 22.3 Å². The lowest BCUT2D eigenvalue weighted by atomic mass is 9.67. The van der Waals surface area contributed by atoms with Gasteiger partial charge in [0.25, 0.3) is 0 Å². The fraction of sp³-hybridized carbons (Fsp3) is 0.0204. The van der Waals surface area contributed by atoms with E-state index in [-0.39, 0.29) is 0 Å². The molecule has 0 aliphatic heterocycles. The number of rotatable bonds is 5. The molecule has 52 heavy (non-hydrogen) atoms. The fourth-order valence-electron chi connectivity index (χ4n) is 8.80. The Hall–Kier alpha value is -6.42. The van der Waals surface area contributed by atoms with E-state index in [0.717, 1.165) is 39.0 Å². The molecule has 0 N–H and O–H groups in total. The van der Waals surface area contributed by atoms with Crippen LogP contribution in [0.2, 0.25) is 0 Å². The first-order chi connectivity index (χ1) is 25.8. The second-order valence-corrected chi connectivity index (χ2v) is 14.7. The second kappa shape index (κ2) is 11.3. The van der Waals surface area contributed by atoms with Gasteiger partial charge in [0.15, 0.2) is 0 Å². The molecular formula is C49H31NOS. The van der Waals surface area contributed by atoms with Gasteiger partial charge in [-0.25, -0.2) is 0 Å². The van der Waals surface area contributed by atoms with Gasteiger partial charge in [0, 0.05) is 48.4 Å². The highest BCUT2D eigenvalue weighted by Gasteiger charge is 2.46. The van der Waals surface area contributed by atoms with Crippen LogP contribution in [0.15, 0.2) is 192 Å². The number of hydrogen-bond acceptors (Lipinski definition) is 3. The van der Waals surface area contributed by atoms with Crippen molar-refractivity contribution in [2.24, 2.45) is 0 Å². The third kappa shape index (κ3) is 4.11. The van der Waals surface area contributed by atoms with E-state index in [1.807, 2.05) is 11.3 Å². The van der Waals surface area contributed by atoms with Crippen molar-refractivity contribution >= 4 is 70.5 Å². The maximum atomic E-state index is 6.89. The Balaban J connectivity index is 1.12.